The molecule has 0 saturated heterocycles. The molecule has 0 aliphatic rings. The Hall–Kier alpha value is -1.47. The van der Waals surface area contributed by atoms with Crippen LogP contribution in [0.4, 0.5) is 0 Å². The first-order valence-electron chi connectivity index (χ1n) is 5.14. The van der Waals surface area contributed by atoms with Gasteiger partial charge in [0.2, 0.25) is 0 Å². The van der Waals surface area contributed by atoms with Crippen LogP contribution < -0.4 is 0 Å². The van der Waals surface area contributed by atoms with Crippen LogP contribution >= 0.6 is 11.6 Å². The lowest BCUT2D eigenvalue weighted by Gasteiger charge is -2.11. The fourth-order valence-corrected chi connectivity index (χ4v) is 1.90. The lowest BCUT2D eigenvalue weighted by atomic mass is 9.97. The van der Waals surface area contributed by atoms with Crippen LogP contribution in [0.1, 0.15) is 11.1 Å². The number of halogens is 1. The van der Waals surface area contributed by atoms with E-state index in [4.69, 9.17) is 11.6 Å². The molecule has 0 spiro atoms. The van der Waals surface area contributed by atoms with Gasteiger partial charge in [0.15, 0.2) is 0 Å². The van der Waals surface area contributed by atoms with E-state index in [1.165, 1.54) is 0 Å². The minimum Gasteiger partial charge on any atom is -0.507 e. The Balaban J connectivity index is 2.63. The number of hydrogen-bond donors (Lipinski definition) is 1. The van der Waals surface area contributed by atoms with Crippen molar-refractivity contribution in [2.24, 2.45) is 0 Å². The highest BCUT2D eigenvalue weighted by atomic mass is 35.5. The van der Waals surface area contributed by atoms with Crippen molar-refractivity contribution in [1.29, 1.82) is 0 Å². The van der Waals surface area contributed by atoms with Crippen molar-refractivity contribution >= 4 is 11.6 Å². The van der Waals surface area contributed by atoms with Crippen molar-refractivity contribution in [2.45, 2.75) is 13.8 Å². The molecule has 16 heavy (non-hydrogen) atoms. The van der Waals surface area contributed by atoms with Crippen LogP contribution in [0.25, 0.3) is 11.1 Å². The molecular formula is C14H13ClO. The Kier molecular flexibility index (Phi) is 2.88. The first kappa shape index (κ1) is 11.0. The summed E-state index contributed by atoms with van der Waals surface area (Å²) < 4.78 is 0. The average Bonchev–Trinajstić information content (AvgIpc) is 2.27. The third-order valence-electron chi connectivity index (χ3n) is 2.72. The van der Waals surface area contributed by atoms with Crippen molar-refractivity contribution in [1.82, 2.24) is 0 Å². The third kappa shape index (κ3) is 1.91. The summed E-state index contributed by atoms with van der Waals surface area (Å²) in [5.41, 5.74) is 3.82. The van der Waals surface area contributed by atoms with E-state index in [9.17, 15) is 5.11 Å². The van der Waals surface area contributed by atoms with Gasteiger partial charge in [-0.25, -0.2) is 0 Å². The maximum absolute atomic E-state index is 10.1. The molecule has 0 fully saturated rings. The van der Waals surface area contributed by atoms with Crippen LogP contribution in [0.15, 0.2) is 36.4 Å². The molecule has 0 saturated carbocycles. The van der Waals surface area contributed by atoms with Crippen molar-refractivity contribution < 1.29 is 5.11 Å². The summed E-state index contributed by atoms with van der Waals surface area (Å²) in [7, 11) is 0. The molecular weight excluding hydrogens is 220 g/mol. The molecule has 0 radical (unpaired) electrons. The Bertz CT molecular complexity index is 515. The van der Waals surface area contributed by atoms with E-state index in [1.54, 1.807) is 0 Å². The normalized spacial score (nSPS) is 10.4. The molecule has 0 aromatic heterocycles. The van der Waals surface area contributed by atoms with Gasteiger partial charge in [-0.15, -0.1) is 0 Å². The zero-order chi connectivity index (χ0) is 11.7. The summed E-state index contributed by atoms with van der Waals surface area (Å²) in [6.07, 6.45) is 0. The Morgan fingerprint density at radius 3 is 2.06 bits per heavy atom. The number of phenolic OH excluding ortho intramolecular Hbond substituents is 1. The molecule has 2 heteroatoms. The van der Waals surface area contributed by atoms with Gasteiger partial charge in [0, 0.05) is 10.6 Å². The first-order valence-corrected chi connectivity index (χ1v) is 5.52. The smallest absolute Gasteiger partial charge is 0.126 e. The number of phenols is 1. The maximum atomic E-state index is 10.1. The largest absolute Gasteiger partial charge is 0.507 e. The van der Waals surface area contributed by atoms with Gasteiger partial charge >= 0.3 is 0 Å². The van der Waals surface area contributed by atoms with Gasteiger partial charge < -0.3 is 5.11 Å². The summed E-state index contributed by atoms with van der Waals surface area (Å²) in [5.74, 6) is 0.349. The first-order chi connectivity index (χ1) is 7.59. The second kappa shape index (κ2) is 4.18. The summed E-state index contributed by atoms with van der Waals surface area (Å²) in [6, 6.07) is 11.4. The number of rotatable bonds is 1. The van der Waals surface area contributed by atoms with E-state index in [0.29, 0.717) is 10.8 Å². The highest BCUT2D eigenvalue weighted by Gasteiger charge is 2.09. The molecule has 1 nitrogen and oxygen atoms in total. The quantitative estimate of drug-likeness (QED) is 0.776. The molecule has 0 aliphatic carbocycles. The summed E-state index contributed by atoms with van der Waals surface area (Å²) in [6.45, 7) is 3.89. The van der Waals surface area contributed by atoms with E-state index in [0.717, 1.165) is 22.3 Å². The fourth-order valence-electron chi connectivity index (χ4n) is 1.78. The van der Waals surface area contributed by atoms with E-state index >= 15 is 0 Å². The van der Waals surface area contributed by atoms with E-state index < -0.39 is 0 Å². The van der Waals surface area contributed by atoms with E-state index in [1.807, 2.05) is 50.2 Å². The third-order valence-corrected chi connectivity index (χ3v) is 2.97. The van der Waals surface area contributed by atoms with E-state index in [2.05, 4.69) is 0 Å². The van der Waals surface area contributed by atoms with Gasteiger partial charge in [-0.2, -0.15) is 0 Å². The monoisotopic (exact) mass is 232 g/mol. The Morgan fingerprint density at radius 1 is 0.875 bits per heavy atom. The SMILES string of the molecule is Cc1ccc(C)c(-c2ccc(Cl)cc2)c1O. The van der Waals surface area contributed by atoms with Crippen molar-refractivity contribution in [3.05, 3.63) is 52.5 Å². The predicted octanol–water partition coefficient (Wildman–Crippen LogP) is 4.33. The zero-order valence-electron chi connectivity index (χ0n) is 9.29. The second-order valence-electron chi connectivity index (χ2n) is 3.93. The molecule has 2 aromatic carbocycles. The van der Waals surface area contributed by atoms with Gasteiger partial charge in [0.05, 0.1) is 0 Å². The molecule has 0 unspecified atom stereocenters. The van der Waals surface area contributed by atoms with Crippen molar-refractivity contribution in [2.75, 3.05) is 0 Å². The molecule has 0 atom stereocenters. The van der Waals surface area contributed by atoms with Gasteiger partial charge in [0.25, 0.3) is 0 Å². The lowest BCUT2D eigenvalue weighted by Crippen LogP contribution is -1.86. The molecule has 0 aliphatic heterocycles. The van der Waals surface area contributed by atoms with Crippen LogP contribution in [0.3, 0.4) is 0 Å². The topological polar surface area (TPSA) is 20.2 Å². The highest BCUT2D eigenvalue weighted by molar-refractivity contribution is 6.30. The average molecular weight is 233 g/mol. The standard InChI is InChI=1S/C14H13ClO/c1-9-3-4-10(2)14(16)13(9)11-5-7-12(15)8-6-11/h3-8,16H,1-2H3. The molecule has 82 valence electrons. The number of aryl methyl sites for hydroxylation is 2. The van der Waals surface area contributed by atoms with Gasteiger partial charge in [-0.05, 0) is 42.7 Å². The van der Waals surface area contributed by atoms with Gasteiger partial charge in [0.1, 0.15) is 5.75 Å². The molecule has 0 bridgehead atoms. The molecule has 2 aromatic rings. The Morgan fingerprint density at radius 2 is 1.44 bits per heavy atom. The molecule has 0 heterocycles. The molecule has 1 N–H and O–H groups in total. The van der Waals surface area contributed by atoms with Crippen LogP contribution in [0, 0.1) is 13.8 Å². The van der Waals surface area contributed by atoms with Crippen molar-refractivity contribution in [3.8, 4) is 16.9 Å². The fraction of sp³-hybridized carbons (Fsp3) is 0.143. The minimum absolute atomic E-state index is 0.349. The highest BCUT2D eigenvalue weighted by Crippen LogP contribution is 2.35. The van der Waals surface area contributed by atoms with Gasteiger partial charge in [-0.3, -0.25) is 0 Å². The van der Waals surface area contributed by atoms with Gasteiger partial charge in [-0.1, -0.05) is 35.9 Å². The predicted molar refractivity (Wildman–Crippen MR) is 68.0 cm³/mol. The Labute approximate surface area is 100 Å². The van der Waals surface area contributed by atoms with Crippen LogP contribution in [-0.2, 0) is 0 Å². The number of hydrogen-bond acceptors (Lipinski definition) is 1. The van der Waals surface area contributed by atoms with Crippen LogP contribution in [0.5, 0.6) is 5.75 Å². The molecule has 0 amide bonds. The summed E-state index contributed by atoms with van der Waals surface area (Å²) >= 11 is 5.85. The minimum atomic E-state index is 0.349. The number of aromatic hydroxyl groups is 1. The number of benzene rings is 2. The summed E-state index contributed by atoms with van der Waals surface area (Å²) in [5, 5.41) is 10.8. The van der Waals surface area contributed by atoms with E-state index in [-0.39, 0.29) is 0 Å². The zero-order valence-corrected chi connectivity index (χ0v) is 10.0. The summed E-state index contributed by atoms with van der Waals surface area (Å²) in [4.78, 5) is 0. The lowest BCUT2D eigenvalue weighted by molar-refractivity contribution is 0.473. The van der Waals surface area contributed by atoms with Crippen molar-refractivity contribution in [3.63, 3.8) is 0 Å². The van der Waals surface area contributed by atoms with Crippen LogP contribution in [0.2, 0.25) is 5.02 Å². The second-order valence-corrected chi connectivity index (χ2v) is 4.37. The molecule has 2 rings (SSSR count). The van der Waals surface area contributed by atoms with Crippen LogP contribution in [-0.4, -0.2) is 5.11 Å². The maximum Gasteiger partial charge on any atom is 0.126 e.